The summed E-state index contributed by atoms with van der Waals surface area (Å²) >= 11 is 0. The van der Waals surface area contributed by atoms with E-state index in [-0.39, 0.29) is 16.7 Å². The lowest BCUT2D eigenvalue weighted by atomic mass is 10.0. The number of carbonyl (C=O) groups excluding carboxylic acids is 1. The van der Waals surface area contributed by atoms with Gasteiger partial charge in [0, 0.05) is 6.42 Å². The van der Waals surface area contributed by atoms with Gasteiger partial charge in [-0.25, -0.2) is 8.42 Å². The number of nitrogens with one attached hydrogen (secondary N) is 1. The molecule has 4 nitrogen and oxygen atoms in total. The van der Waals surface area contributed by atoms with E-state index in [1.165, 1.54) is 12.1 Å². The van der Waals surface area contributed by atoms with Crippen LogP contribution in [0, 0.1) is 0 Å². The van der Waals surface area contributed by atoms with E-state index < -0.39 is 26.5 Å². The van der Waals surface area contributed by atoms with Crippen LogP contribution in [0.1, 0.15) is 30.4 Å². The molecule has 0 saturated carbocycles. The van der Waals surface area contributed by atoms with Crippen LogP contribution in [0.2, 0.25) is 0 Å². The first-order chi connectivity index (χ1) is 13.2. The summed E-state index contributed by atoms with van der Waals surface area (Å²) in [4.78, 5) is 11.6. The Morgan fingerprint density at radius 1 is 1.07 bits per heavy atom. The zero-order valence-corrected chi connectivity index (χ0v) is 15.8. The fourth-order valence-corrected chi connectivity index (χ4v) is 4.52. The van der Waals surface area contributed by atoms with Crippen LogP contribution in [0.5, 0.6) is 0 Å². The van der Waals surface area contributed by atoms with Crippen LogP contribution < -0.4 is 5.32 Å². The van der Waals surface area contributed by atoms with E-state index >= 15 is 0 Å². The number of rotatable bonds is 6. The van der Waals surface area contributed by atoms with Gasteiger partial charge in [-0.1, -0.05) is 18.2 Å². The topological polar surface area (TPSA) is 63.2 Å². The molecule has 2 aromatic carbocycles. The first-order valence-corrected chi connectivity index (χ1v) is 10.4. The molecule has 0 aliphatic carbocycles. The highest BCUT2D eigenvalue weighted by atomic mass is 32.2. The summed E-state index contributed by atoms with van der Waals surface area (Å²) in [5.74, 6) is 0.137. The van der Waals surface area contributed by atoms with Crippen molar-refractivity contribution in [2.24, 2.45) is 0 Å². The standard InChI is InChI=1S/C20H20F3NO3S/c21-20(22,23)15-3-1-4-17(13-15)28(26,27)16-9-6-14(7-10-16)8-11-19(25)18-5-2-12-24-18/h1,3-4,6-7,9-10,13,18,24H,2,5,8,11-12H2/t18-/m1/s1. The molecule has 3 rings (SSSR count). The van der Waals surface area contributed by atoms with Crippen LogP contribution in [0.15, 0.2) is 58.3 Å². The first-order valence-electron chi connectivity index (χ1n) is 8.95. The molecule has 1 N–H and O–H groups in total. The molecule has 1 aliphatic heterocycles. The van der Waals surface area contributed by atoms with E-state index in [0.717, 1.165) is 43.1 Å². The average Bonchev–Trinajstić information content (AvgIpc) is 3.21. The summed E-state index contributed by atoms with van der Waals surface area (Å²) in [6, 6.07) is 9.51. The Morgan fingerprint density at radius 2 is 1.79 bits per heavy atom. The predicted molar refractivity (Wildman–Crippen MR) is 97.7 cm³/mol. The van der Waals surface area contributed by atoms with Crippen molar-refractivity contribution in [2.45, 2.75) is 47.7 Å². The van der Waals surface area contributed by atoms with Gasteiger partial charge in [0.15, 0.2) is 0 Å². The summed E-state index contributed by atoms with van der Waals surface area (Å²) in [6.45, 7) is 0.846. The number of benzene rings is 2. The fraction of sp³-hybridized carbons (Fsp3) is 0.350. The van der Waals surface area contributed by atoms with E-state index in [1.54, 1.807) is 12.1 Å². The second kappa shape index (κ2) is 8.05. The summed E-state index contributed by atoms with van der Waals surface area (Å²) in [5, 5.41) is 3.15. The molecule has 8 heteroatoms. The number of halogens is 3. The lowest BCUT2D eigenvalue weighted by Gasteiger charge is -2.11. The van der Waals surface area contributed by atoms with Crippen LogP contribution in [0.25, 0.3) is 0 Å². The molecule has 1 aliphatic rings. The third-order valence-electron chi connectivity index (χ3n) is 4.81. The second-order valence-electron chi connectivity index (χ2n) is 6.79. The summed E-state index contributed by atoms with van der Waals surface area (Å²) in [5.41, 5.74) is -0.210. The molecule has 1 fully saturated rings. The molecule has 0 aromatic heterocycles. The molecule has 0 bridgehead atoms. The van der Waals surface area contributed by atoms with Crippen molar-refractivity contribution in [3.05, 3.63) is 59.7 Å². The number of alkyl halides is 3. The van der Waals surface area contributed by atoms with Crippen molar-refractivity contribution in [3.8, 4) is 0 Å². The normalized spacial score (nSPS) is 17.6. The van der Waals surface area contributed by atoms with E-state index in [1.807, 2.05) is 0 Å². The molecule has 28 heavy (non-hydrogen) atoms. The van der Waals surface area contributed by atoms with Crippen molar-refractivity contribution in [3.63, 3.8) is 0 Å². The highest BCUT2D eigenvalue weighted by Gasteiger charge is 2.32. The highest BCUT2D eigenvalue weighted by Crippen LogP contribution is 2.32. The van der Waals surface area contributed by atoms with E-state index in [9.17, 15) is 26.4 Å². The molecule has 2 aromatic rings. The minimum absolute atomic E-state index is 0.0839. The Bertz CT molecular complexity index is 947. The molecule has 0 amide bonds. The highest BCUT2D eigenvalue weighted by molar-refractivity contribution is 7.91. The Morgan fingerprint density at radius 3 is 2.39 bits per heavy atom. The first kappa shape index (κ1) is 20.5. The third kappa shape index (κ3) is 4.62. The maximum absolute atomic E-state index is 12.8. The quantitative estimate of drug-likeness (QED) is 0.786. The summed E-state index contributed by atoms with van der Waals surface area (Å²) in [6.07, 6.45) is -1.94. The lowest BCUT2D eigenvalue weighted by molar-refractivity contribution is -0.137. The van der Waals surface area contributed by atoms with Gasteiger partial charge in [-0.15, -0.1) is 0 Å². The van der Waals surface area contributed by atoms with Gasteiger partial charge in [0.2, 0.25) is 9.84 Å². The number of Topliss-reactive ketones (excluding diaryl/α,β-unsaturated/α-hetero) is 1. The maximum Gasteiger partial charge on any atom is 0.416 e. The lowest BCUT2D eigenvalue weighted by Crippen LogP contribution is -2.30. The number of carbonyl (C=O) groups is 1. The number of sulfone groups is 1. The summed E-state index contributed by atoms with van der Waals surface area (Å²) < 4.78 is 63.8. The zero-order valence-electron chi connectivity index (χ0n) is 15.0. The van der Waals surface area contributed by atoms with Gasteiger partial charge in [-0.05, 0) is 61.7 Å². The van der Waals surface area contributed by atoms with E-state index in [4.69, 9.17) is 0 Å². The number of hydrogen-bond donors (Lipinski definition) is 1. The number of aryl methyl sites for hydroxylation is 1. The second-order valence-corrected chi connectivity index (χ2v) is 8.74. The van der Waals surface area contributed by atoms with Crippen LogP contribution in [0.3, 0.4) is 0 Å². The summed E-state index contributed by atoms with van der Waals surface area (Å²) in [7, 11) is -4.06. The van der Waals surface area contributed by atoms with E-state index in [2.05, 4.69) is 5.32 Å². The molecule has 0 spiro atoms. The van der Waals surface area contributed by atoms with Crippen molar-refractivity contribution in [2.75, 3.05) is 6.54 Å². The predicted octanol–water partition coefficient (Wildman–Crippen LogP) is 3.79. The van der Waals surface area contributed by atoms with Crippen molar-refractivity contribution in [1.29, 1.82) is 0 Å². The van der Waals surface area contributed by atoms with Gasteiger partial charge >= 0.3 is 6.18 Å². The van der Waals surface area contributed by atoms with Crippen molar-refractivity contribution >= 4 is 15.6 Å². The molecule has 1 saturated heterocycles. The number of ketones is 1. The van der Waals surface area contributed by atoms with Crippen LogP contribution >= 0.6 is 0 Å². The van der Waals surface area contributed by atoms with E-state index in [0.29, 0.717) is 18.9 Å². The average molecular weight is 411 g/mol. The van der Waals surface area contributed by atoms with Crippen LogP contribution in [-0.4, -0.2) is 26.8 Å². The largest absolute Gasteiger partial charge is 0.416 e. The Labute approximate surface area is 161 Å². The van der Waals surface area contributed by atoms with Gasteiger partial charge in [-0.2, -0.15) is 13.2 Å². The van der Waals surface area contributed by atoms with Crippen molar-refractivity contribution < 1.29 is 26.4 Å². The Kier molecular flexibility index (Phi) is 5.90. The van der Waals surface area contributed by atoms with Crippen LogP contribution in [0.4, 0.5) is 13.2 Å². The molecule has 1 atom stereocenters. The minimum atomic E-state index is -4.61. The molecule has 0 unspecified atom stereocenters. The molecule has 1 heterocycles. The van der Waals surface area contributed by atoms with Crippen LogP contribution in [-0.2, 0) is 27.2 Å². The van der Waals surface area contributed by atoms with Gasteiger partial charge in [0.1, 0.15) is 5.78 Å². The van der Waals surface area contributed by atoms with Gasteiger partial charge in [0.05, 0.1) is 21.4 Å². The molecular formula is C20H20F3NO3S. The monoisotopic (exact) mass is 411 g/mol. The third-order valence-corrected chi connectivity index (χ3v) is 6.58. The van der Waals surface area contributed by atoms with Crippen molar-refractivity contribution in [1.82, 2.24) is 5.32 Å². The maximum atomic E-state index is 12.8. The molecular weight excluding hydrogens is 391 g/mol. The Balaban J connectivity index is 1.72. The Hall–Kier alpha value is -2.19. The SMILES string of the molecule is O=C(CCc1ccc(S(=O)(=O)c2cccc(C(F)(F)F)c2)cc1)[C@H]1CCCN1. The van der Waals surface area contributed by atoms with Gasteiger partial charge < -0.3 is 5.32 Å². The van der Waals surface area contributed by atoms with Gasteiger partial charge in [-0.3, -0.25) is 4.79 Å². The fourth-order valence-electron chi connectivity index (χ4n) is 3.21. The zero-order chi connectivity index (χ0) is 20.4. The minimum Gasteiger partial charge on any atom is -0.307 e. The molecule has 150 valence electrons. The van der Waals surface area contributed by atoms with Gasteiger partial charge in [0.25, 0.3) is 0 Å². The molecule has 0 radical (unpaired) electrons. The smallest absolute Gasteiger partial charge is 0.307 e. The number of hydrogen-bond acceptors (Lipinski definition) is 4.